The topological polar surface area (TPSA) is 83.4 Å². The third-order valence-electron chi connectivity index (χ3n) is 2.53. The first-order chi connectivity index (χ1) is 8.43. The Morgan fingerprint density at radius 3 is 2.67 bits per heavy atom. The van der Waals surface area contributed by atoms with Crippen molar-refractivity contribution in [2.24, 2.45) is 0 Å². The molecule has 18 heavy (non-hydrogen) atoms. The molecule has 1 heterocycles. The molecule has 0 bridgehead atoms. The number of hydrogen-bond donors (Lipinski definition) is 1. The van der Waals surface area contributed by atoms with Gasteiger partial charge >= 0.3 is 5.97 Å². The highest BCUT2D eigenvalue weighted by atomic mass is 16.4. The zero-order valence-electron chi connectivity index (χ0n) is 10.8. The number of amides is 1. The van der Waals surface area contributed by atoms with Crippen molar-refractivity contribution in [3.63, 3.8) is 0 Å². The number of carbonyl (C=O) groups excluding carboxylic acids is 1. The van der Waals surface area contributed by atoms with Crippen molar-refractivity contribution in [1.82, 2.24) is 14.9 Å². The molecule has 0 atom stereocenters. The molecule has 0 aromatic carbocycles. The lowest BCUT2D eigenvalue weighted by Gasteiger charge is -2.18. The van der Waals surface area contributed by atoms with Crippen LogP contribution in [-0.2, 0) is 4.79 Å². The highest BCUT2D eigenvalue weighted by Gasteiger charge is 2.19. The molecular weight excluding hydrogens is 234 g/mol. The molecule has 0 saturated heterocycles. The molecule has 6 nitrogen and oxygen atoms in total. The van der Waals surface area contributed by atoms with E-state index in [2.05, 4.69) is 9.97 Å². The van der Waals surface area contributed by atoms with Crippen molar-refractivity contribution < 1.29 is 14.7 Å². The van der Waals surface area contributed by atoms with E-state index in [9.17, 15) is 9.59 Å². The van der Waals surface area contributed by atoms with Gasteiger partial charge in [-0.1, -0.05) is 13.8 Å². The average Bonchev–Trinajstić information content (AvgIpc) is 2.34. The van der Waals surface area contributed by atoms with E-state index < -0.39 is 5.97 Å². The van der Waals surface area contributed by atoms with E-state index in [1.807, 2.05) is 13.8 Å². The molecule has 0 aliphatic carbocycles. The van der Waals surface area contributed by atoms with Crippen molar-refractivity contribution in [2.45, 2.75) is 26.2 Å². The molecule has 0 spiro atoms. The van der Waals surface area contributed by atoms with Crippen molar-refractivity contribution >= 4 is 11.9 Å². The number of aliphatic carboxylic acids is 1. The predicted molar refractivity (Wildman–Crippen MR) is 65.3 cm³/mol. The van der Waals surface area contributed by atoms with Gasteiger partial charge in [0.1, 0.15) is 6.33 Å². The SMILES string of the molecule is CC(C)c1ncncc1C(=O)N(C)CCC(=O)O. The fourth-order valence-corrected chi connectivity index (χ4v) is 1.53. The minimum atomic E-state index is -0.928. The lowest BCUT2D eigenvalue weighted by atomic mass is 10.0. The fourth-order valence-electron chi connectivity index (χ4n) is 1.53. The van der Waals surface area contributed by atoms with Crippen LogP contribution < -0.4 is 0 Å². The first kappa shape index (κ1) is 14.1. The van der Waals surface area contributed by atoms with Crippen LogP contribution in [0.5, 0.6) is 0 Å². The summed E-state index contributed by atoms with van der Waals surface area (Å²) in [5, 5.41) is 8.59. The Balaban J connectivity index is 2.86. The van der Waals surface area contributed by atoms with Gasteiger partial charge in [-0.3, -0.25) is 9.59 Å². The summed E-state index contributed by atoms with van der Waals surface area (Å²) in [6.45, 7) is 4.05. The monoisotopic (exact) mass is 251 g/mol. The molecule has 0 aliphatic rings. The maximum atomic E-state index is 12.1. The second-order valence-corrected chi connectivity index (χ2v) is 4.35. The Kier molecular flexibility index (Phi) is 4.76. The third-order valence-corrected chi connectivity index (χ3v) is 2.53. The highest BCUT2D eigenvalue weighted by molar-refractivity contribution is 5.95. The van der Waals surface area contributed by atoms with Crippen LogP contribution in [0.25, 0.3) is 0 Å². The summed E-state index contributed by atoms with van der Waals surface area (Å²) in [4.78, 5) is 31.9. The fraction of sp³-hybridized carbons (Fsp3) is 0.500. The standard InChI is InChI=1S/C12H17N3O3/c1-8(2)11-9(6-13-7-14-11)12(18)15(3)5-4-10(16)17/h6-8H,4-5H2,1-3H3,(H,16,17). The summed E-state index contributed by atoms with van der Waals surface area (Å²) in [7, 11) is 1.57. The normalized spacial score (nSPS) is 10.4. The number of rotatable bonds is 5. The quantitative estimate of drug-likeness (QED) is 0.848. The van der Waals surface area contributed by atoms with E-state index in [-0.39, 0.29) is 24.8 Å². The third kappa shape index (κ3) is 3.51. The Labute approximate surface area is 106 Å². The van der Waals surface area contributed by atoms with Gasteiger partial charge in [0.2, 0.25) is 0 Å². The van der Waals surface area contributed by atoms with Crippen LogP contribution in [0, 0.1) is 0 Å². The molecule has 1 rings (SSSR count). The van der Waals surface area contributed by atoms with Gasteiger partial charge in [-0.05, 0) is 5.92 Å². The van der Waals surface area contributed by atoms with Gasteiger partial charge in [-0.15, -0.1) is 0 Å². The first-order valence-electron chi connectivity index (χ1n) is 5.70. The van der Waals surface area contributed by atoms with Crippen LogP contribution in [0.1, 0.15) is 42.2 Å². The summed E-state index contributed by atoms with van der Waals surface area (Å²) in [6, 6.07) is 0. The Morgan fingerprint density at radius 1 is 1.44 bits per heavy atom. The van der Waals surface area contributed by atoms with Gasteiger partial charge in [0.05, 0.1) is 17.7 Å². The van der Waals surface area contributed by atoms with Gasteiger partial charge in [0.15, 0.2) is 0 Å². The number of hydrogen-bond acceptors (Lipinski definition) is 4. The Morgan fingerprint density at radius 2 is 2.11 bits per heavy atom. The number of carboxylic acid groups (broad SMARTS) is 1. The molecule has 98 valence electrons. The Hall–Kier alpha value is -1.98. The molecule has 0 unspecified atom stereocenters. The van der Waals surface area contributed by atoms with Gasteiger partial charge < -0.3 is 10.0 Å². The zero-order valence-corrected chi connectivity index (χ0v) is 10.8. The lowest BCUT2D eigenvalue weighted by molar-refractivity contribution is -0.137. The van der Waals surface area contributed by atoms with Crippen LogP contribution in [0.3, 0.4) is 0 Å². The summed E-state index contributed by atoms with van der Waals surface area (Å²) < 4.78 is 0. The first-order valence-corrected chi connectivity index (χ1v) is 5.70. The smallest absolute Gasteiger partial charge is 0.305 e. The van der Waals surface area contributed by atoms with Crippen molar-refractivity contribution in [3.8, 4) is 0 Å². The van der Waals surface area contributed by atoms with Crippen LogP contribution in [0.15, 0.2) is 12.5 Å². The van der Waals surface area contributed by atoms with E-state index in [0.717, 1.165) is 0 Å². The maximum Gasteiger partial charge on any atom is 0.305 e. The van der Waals surface area contributed by atoms with Crippen molar-refractivity contribution in [3.05, 3.63) is 23.8 Å². The van der Waals surface area contributed by atoms with Crippen LogP contribution in [0.4, 0.5) is 0 Å². The molecule has 0 aliphatic heterocycles. The molecule has 0 saturated carbocycles. The molecule has 1 aromatic heterocycles. The molecular formula is C12H17N3O3. The predicted octanol–water partition coefficient (Wildman–Crippen LogP) is 1.15. The number of carboxylic acids is 1. The van der Waals surface area contributed by atoms with Crippen molar-refractivity contribution in [1.29, 1.82) is 0 Å². The molecule has 1 aromatic rings. The largest absolute Gasteiger partial charge is 0.481 e. The van der Waals surface area contributed by atoms with Gasteiger partial charge in [0, 0.05) is 19.8 Å². The minimum Gasteiger partial charge on any atom is -0.481 e. The maximum absolute atomic E-state index is 12.1. The zero-order chi connectivity index (χ0) is 13.7. The highest BCUT2D eigenvalue weighted by Crippen LogP contribution is 2.16. The van der Waals surface area contributed by atoms with Crippen LogP contribution in [0.2, 0.25) is 0 Å². The number of carbonyl (C=O) groups is 2. The average molecular weight is 251 g/mol. The van der Waals surface area contributed by atoms with E-state index in [0.29, 0.717) is 11.3 Å². The number of aromatic nitrogens is 2. The lowest BCUT2D eigenvalue weighted by Crippen LogP contribution is -2.30. The Bertz CT molecular complexity index is 446. The second kappa shape index (κ2) is 6.09. The van der Waals surface area contributed by atoms with Gasteiger partial charge in [-0.25, -0.2) is 9.97 Å². The molecule has 1 N–H and O–H groups in total. The van der Waals surface area contributed by atoms with Crippen molar-refractivity contribution in [2.75, 3.05) is 13.6 Å². The summed E-state index contributed by atoms with van der Waals surface area (Å²) in [5.74, 6) is -1.07. The van der Waals surface area contributed by atoms with E-state index in [4.69, 9.17) is 5.11 Å². The molecule has 0 fully saturated rings. The number of nitrogens with zero attached hydrogens (tertiary/aromatic N) is 3. The minimum absolute atomic E-state index is 0.0764. The van der Waals surface area contributed by atoms with Crippen LogP contribution >= 0.6 is 0 Å². The van der Waals surface area contributed by atoms with Gasteiger partial charge in [0.25, 0.3) is 5.91 Å². The van der Waals surface area contributed by atoms with E-state index >= 15 is 0 Å². The van der Waals surface area contributed by atoms with E-state index in [1.165, 1.54) is 17.4 Å². The summed E-state index contributed by atoms with van der Waals surface area (Å²) in [6.07, 6.45) is 2.80. The molecule has 1 amide bonds. The summed E-state index contributed by atoms with van der Waals surface area (Å²) in [5.41, 5.74) is 1.11. The summed E-state index contributed by atoms with van der Waals surface area (Å²) >= 11 is 0. The van der Waals surface area contributed by atoms with Gasteiger partial charge in [-0.2, -0.15) is 0 Å². The van der Waals surface area contributed by atoms with E-state index in [1.54, 1.807) is 7.05 Å². The van der Waals surface area contributed by atoms with Crippen LogP contribution in [-0.4, -0.2) is 45.4 Å². The molecule has 0 radical (unpaired) electrons. The second-order valence-electron chi connectivity index (χ2n) is 4.35. The molecule has 6 heteroatoms.